The van der Waals surface area contributed by atoms with Gasteiger partial charge in [-0.15, -0.1) is 0 Å². The molecule has 3 heteroatoms. The quantitative estimate of drug-likeness (QED) is 0.176. The number of hydrogen-bond donors (Lipinski definition) is 0. The minimum absolute atomic E-state index is 0.134. The van der Waals surface area contributed by atoms with Crippen LogP contribution in [0.3, 0.4) is 0 Å². The van der Waals surface area contributed by atoms with Crippen LogP contribution in [0.5, 0.6) is 0 Å². The molecule has 1 spiro atoms. The zero-order chi connectivity index (χ0) is 38.2. The maximum absolute atomic E-state index is 4.60. The fraction of sp³-hybridized carbons (Fsp3) is 0.0545. The van der Waals surface area contributed by atoms with E-state index in [2.05, 4.69) is 184 Å². The normalized spacial score (nSPS) is 13.5. The van der Waals surface area contributed by atoms with Gasteiger partial charge in [-0.1, -0.05) is 121 Å². The molecular formula is C55H37N3. The van der Waals surface area contributed by atoms with E-state index in [1.165, 1.54) is 83.1 Å². The van der Waals surface area contributed by atoms with Crippen molar-refractivity contribution in [2.24, 2.45) is 0 Å². The molecule has 0 saturated carbocycles. The Morgan fingerprint density at radius 3 is 1.67 bits per heavy atom. The van der Waals surface area contributed by atoms with Crippen LogP contribution >= 0.6 is 0 Å². The standard InChI is InChI=1S/C55H37N3/c1-2-10-44-34-55(33-43(44)9-1)50-31-40(36-18-22-45(23-19-36)58-53-17-4-3-15-48(53)49-26-28-56-35-54(49)58)20-24-46(50)47-25-21-41(32-51(47)55)38-12-7-11-37(29-38)39-13-8-14-42(30-39)52-16-5-6-27-57-52/h1-32,35H,33-34H2. The summed E-state index contributed by atoms with van der Waals surface area (Å²) in [6, 6.07) is 67.1. The van der Waals surface area contributed by atoms with Crippen molar-refractivity contribution < 1.29 is 0 Å². The van der Waals surface area contributed by atoms with Crippen LogP contribution < -0.4 is 0 Å². The summed E-state index contributed by atoms with van der Waals surface area (Å²) in [4.78, 5) is 9.09. The first kappa shape index (κ1) is 32.8. The smallest absolute Gasteiger partial charge is 0.0724 e. The summed E-state index contributed by atoms with van der Waals surface area (Å²) in [7, 11) is 0. The molecule has 7 aromatic carbocycles. The second kappa shape index (κ2) is 12.8. The van der Waals surface area contributed by atoms with Crippen molar-refractivity contribution in [1.82, 2.24) is 14.5 Å². The van der Waals surface area contributed by atoms with Gasteiger partial charge in [0.25, 0.3) is 0 Å². The highest BCUT2D eigenvalue weighted by molar-refractivity contribution is 6.09. The predicted octanol–water partition coefficient (Wildman–Crippen LogP) is 13.3. The Morgan fingerprint density at radius 2 is 0.983 bits per heavy atom. The minimum atomic E-state index is -0.134. The number of fused-ring (bicyclic) bond motifs is 9. The highest BCUT2D eigenvalue weighted by Gasteiger charge is 2.47. The van der Waals surface area contributed by atoms with E-state index in [0.29, 0.717) is 0 Å². The van der Waals surface area contributed by atoms with Gasteiger partial charge in [0.1, 0.15) is 0 Å². The van der Waals surface area contributed by atoms with Crippen molar-refractivity contribution in [2.75, 3.05) is 0 Å². The third-order valence-electron chi connectivity index (χ3n) is 12.8. The Bertz CT molecular complexity index is 3150. The summed E-state index contributed by atoms with van der Waals surface area (Å²) >= 11 is 0. The van der Waals surface area contributed by atoms with E-state index in [4.69, 9.17) is 0 Å². The number of para-hydroxylation sites is 1. The molecule has 0 fully saturated rings. The zero-order valence-electron chi connectivity index (χ0n) is 31.8. The molecule has 0 unspecified atom stereocenters. The van der Waals surface area contributed by atoms with E-state index in [0.717, 1.165) is 35.3 Å². The molecule has 3 aromatic heterocycles. The molecule has 0 radical (unpaired) electrons. The van der Waals surface area contributed by atoms with Gasteiger partial charge in [-0.2, -0.15) is 0 Å². The average Bonchev–Trinajstić information content (AvgIpc) is 3.94. The predicted molar refractivity (Wildman–Crippen MR) is 238 cm³/mol. The van der Waals surface area contributed by atoms with Crippen LogP contribution in [0.15, 0.2) is 201 Å². The van der Waals surface area contributed by atoms with Crippen LogP contribution in [0.1, 0.15) is 22.3 Å². The van der Waals surface area contributed by atoms with E-state index in [-0.39, 0.29) is 5.41 Å². The van der Waals surface area contributed by atoms with Gasteiger partial charge in [0.15, 0.2) is 0 Å². The van der Waals surface area contributed by atoms with E-state index in [1.807, 2.05) is 30.7 Å². The number of hydrogen-bond acceptors (Lipinski definition) is 2. The van der Waals surface area contributed by atoms with E-state index in [9.17, 15) is 0 Å². The van der Waals surface area contributed by atoms with Crippen molar-refractivity contribution in [3.05, 3.63) is 223 Å². The zero-order valence-corrected chi connectivity index (χ0v) is 31.8. The summed E-state index contributed by atoms with van der Waals surface area (Å²) in [5.41, 5.74) is 21.2. The first-order valence-electron chi connectivity index (χ1n) is 20.1. The first-order chi connectivity index (χ1) is 28.7. The molecule has 272 valence electrons. The van der Waals surface area contributed by atoms with E-state index in [1.54, 1.807) is 0 Å². The van der Waals surface area contributed by atoms with Crippen molar-refractivity contribution in [2.45, 2.75) is 18.3 Å². The average molecular weight is 740 g/mol. The Kier molecular flexibility index (Phi) is 7.27. The fourth-order valence-corrected chi connectivity index (χ4v) is 10.0. The lowest BCUT2D eigenvalue weighted by Gasteiger charge is -2.27. The van der Waals surface area contributed by atoms with Crippen LogP contribution in [0.25, 0.3) is 83.3 Å². The van der Waals surface area contributed by atoms with Gasteiger partial charge in [-0.25, -0.2) is 0 Å². The van der Waals surface area contributed by atoms with E-state index >= 15 is 0 Å². The van der Waals surface area contributed by atoms with Crippen LogP contribution in [0.4, 0.5) is 0 Å². The Morgan fingerprint density at radius 1 is 0.414 bits per heavy atom. The molecule has 10 aromatic rings. The van der Waals surface area contributed by atoms with Crippen LogP contribution in [0, 0.1) is 0 Å². The SMILES string of the molecule is c1ccc(-c2cccc(-c3cccc(-c4ccc5c(c4)C4(Cc6ccccc6C4)c4cc(-c6ccc(-n7c8ccccc8c8ccncc87)cc6)ccc4-5)c3)c2)nc1. The molecule has 2 aliphatic carbocycles. The van der Waals surface area contributed by atoms with E-state index < -0.39 is 0 Å². The molecule has 0 atom stereocenters. The minimum Gasteiger partial charge on any atom is -0.308 e. The molecular weight excluding hydrogens is 703 g/mol. The summed E-state index contributed by atoms with van der Waals surface area (Å²) in [5.74, 6) is 0. The lowest BCUT2D eigenvalue weighted by atomic mass is 9.74. The monoisotopic (exact) mass is 739 g/mol. The van der Waals surface area contributed by atoms with Gasteiger partial charge in [0, 0.05) is 39.8 Å². The fourth-order valence-electron chi connectivity index (χ4n) is 10.0. The lowest BCUT2D eigenvalue weighted by molar-refractivity contribution is 0.564. The van der Waals surface area contributed by atoms with Gasteiger partial charge in [-0.05, 0) is 140 Å². The number of pyridine rings is 2. The second-order valence-electron chi connectivity index (χ2n) is 15.9. The van der Waals surface area contributed by atoms with Gasteiger partial charge in [0.05, 0.1) is 22.9 Å². The molecule has 12 rings (SSSR count). The van der Waals surface area contributed by atoms with Gasteiger partial charge < -0.3 is 4.57 Å². The van der Waals surface area contributed by atoms with Crippen LogP contribution in [-0.4, -0.2) is 14.5 Å². The molecule has 58 heavy (non-hydrogen) atoms. The molecule has 0 amide bonds. The summed E-state index contributed by atoms with van der Waals surface area (Å²) in [6.07, 6.45) is 7.71. The van der Waals surface area contributed by atoms with Gasteiger partial charge in [-0.3, -0.25) is 9.97 Å². The molecule has 2 aliphatic rings. The molecule has 0 saturated heterocycles. The van der Waals surface area contributed by atoms with Crippen LogP contribution in [-0.2, 0) is 18.3 Å². The third kappa shape index (κ3) is 5.06. The topological polar surface area (TPSA) is 30.7 Å². The molecule has 3 heterocycles. The number of nitrogens with zero attached hydrogens (tertiary/aromatic N) is 3. The van der Waals surface area contributed by atoms with Crippen molar-refractivity contribution in [3.8, 4) is 61.5 Å². The first-order valence-corrected chi connectivity index (χ1v) is 20.1. The maximum Gasteiger partial charge on any atom is 0.0724 e. The summed E-state index contributed by atoms with van der Waals surface area (Å²) < 4.78 is 2.33. The van der Waals surface area contributed by atoms with Crippen molar-refractivity contribution in [3.63, 3.8) is 0 Å². The Hall–Kier alpha value is -7.36. The maximum atomic E-state index is 4.60. The molecule has 0 bridgehead atoms. The summed E-state index contributed by atoms with van der Waals surface area (Å²) in [5, 5.41) is 2.46. The highest BCUT2D eigenvalue weighted by Crippen LogP contribution is 2.56. The largest absolute Gasteiger partial charge is 0.308 e. The molecule has 3 nitrogen and oxygen atoms in total. The Balaban J connectivity index is 0.934. The van der Waals surface area contributed by atoms with Crippen molar-refractivity contribution in [1.29, 1.82) is 0 Å². The summed E-state index contributed by atoms with van der Waals surface area (Å²) in [6.45, 7) is 0. The Labute approximate surface area is 337 Å². The molecule has 0 N–H and O–H groups in total. The van der Waals surface area contributed by atoms with Crippen LogP contribution in [0.2, 0.25) is 0 Å². The number of benzene rings is 7. The number of rotatable bonds is 5. The van der Waals surface area contributed by atoms with Crippen molar-refractivity contribution >= 4 is 21.8 Å². The second-order valence-corrected chi connectivity index (χ2v) is 15.9. The molecule has 0 aliphatic heterocycles. The van der Waals surface area contributed by atoms with Gasteiger partial charge in [0.2, 0.25) is 0 Å². The highest BCUT2D eigenvalue weighted by atomic mass is 15.0. The van der Waals surface area contributed by atoms with Gasteiger partial charge >= 0.3 is 0 Å². The third-order valence-corrected chi connectivity index (χ3v) is 12.8. The number of aromatic nitrogens is 3. The lowest BCUT2D eigenvalue weighted by Crippen LogP contribution is -2.26.